The molecule has 0 aliphatic carbocycles. The van der Waals surface area contributed by atoms with Crippen molar-refractivity contribution in [3.05, 3.63) is 46.0 Å². The normalized spacial score (nSPS) is 29.4. The first-order chi connectivity index (χ1) is 8.15. The van der Waals surface area contributed by atoms with Crippen molar-refractivity contribution in [1.82, 2.24) is 4.90 Å². The minimum atomic E-state index is -0.729. The fourth-order valence-electron chi connectivity index (χ4n) is 2.62. The Hall–Kier alpha value is -1.46. The van der Waals surface area contributed by atoms with Gasteiger partial charge in [0, 0.05) is 11.5 Å². The van der Waals surface area contributed by atoms with Gasteiger partial charge in [-0.25, -0.2) is 0 Å². The van der Waals surface area contributed by atoms with Gasteiger partial charge in [-0.05, 0) is 12.6 Å². The quantitative estimate of drug-likeness (QED) is 0.620. The van der Waals surface area contributed by atoms with Crippen molar-refractivity contribution in [2.45, 2.75) is 18.0 Å². The second kappa shape index (κ2) is 4.81. The molecule has 0 amide bonds. The molecule has 1 aliphatic heterocycles. The molecule has 0 bridgehead atoms. The van der Waals surface area contributed by atoms with Gasteiger partial charge in [-0.2, -0.15) is 0 Å². The number of hydrogen-bond donors (Lipinski definition) is 1. The molecular weight excluding hydrogens is 220 g/mol. The summed E-state index contributed by atoms with van der Waals surface area (Å²) in [5.41, 5.74) is 0.969. The number of aliphatic hydroxyl groups excluding tert-OH is 1. The van der Waals surface area contributed by atoms with E-state index in [-0.39, 0.29) is 17.4 Å². The van der Waals surface area contributed by atoms with Gasteiger partial charge in [-0.3, -0.25) is 15.0 Å². The van der Waals surface area contributed by atoms with Crippen molar-refractivity contribution in [1.29, 1.82) is 0 Å². The molecule has 0 spiro atoms. The first-order valence-corrected chi connectivity index (χ1v) is 5.64. The molecule has 1 aromatic rings. The lowest BCUT2D eigenvalue weighted by molar-refractivity contribution is -0.528. The van der Waals surface area contributed by atoms with Crippen LogP contribution in [0.5, 0.6) is 0 Å². The van der Waals surface area contributed by atoms with E-state index in [4.69, 9.17) is 0 Å². The molecule has 0 saturated carbocycles. The molecule has 5 nitrogen and oxygen atoms in total. The molecule has 0 aromatic heterocycles. The first kappa shape index (κ1) is 12.0. The van der Waals surface area contributed by atoms with E-state index in [0.29, 0.717) is 6.54 Å². The van der Waals surface area contributed by atoms with Gasteiger partial charge in [-0.1, -0.05) is 30.3 Å². The number of aliphatic hydroxyl groups is 1. The lowest BCUT2D eigenvalue weighted by Gasteiger charge is -2.17. The summed E-state index contributed by atoms with van der Waals surface area (Å²) in [4.78, 5) is 12.8. The third-order valence-corrected chi connectivity index (χ3v) is 3.52. The molecular formula is C12H16N2O3. The average Bonchev–Trinajstić information content (AvgIpc) is 2.67. The van der Waals surface area contributed by atoms with E-state index in [1.165, 1.54) is 0 Å². The Kier molecular flexibility index (Phi) is 3.40. The SMILES string of the molecule is CN1C[C@H](c2ccccc2)[C@@H]([N+](=O)[O-])C1CO. The Bertz CT molecular complexity index is 396. The predicted octanol–water partition coefficient (Wildman–Crippen LogP) is 0.722. The summed E-state index contributed by atoms with van der Waals surface area (Å²) >= 11 is 0. The largest absolute Gasteiger partial charge is 0.394 e. The monoisotopic (exact) mass is 236 g/mol. The zero-order valence-electron chi connectivity index (χ0n) is 9.69. The third kappa shape index (κ3) is 2.16. The molecule has 1 fully saturated rings. The van der Waals surface area contributed by atoms with Crippen LogP contribution in [0, 0.1) is 10.1 Å². The highest BCUT2D eigenvalue weighted by molar-refractivity contribution is 5.23. The van der Waals surface area contributed by atoms with E-state index >= 15 is 0 Å². The molecule has 1 saturated heterocycles. The highest BCUT2D eigenvalue weighted by atomic mass is 16.6. The predicted molar refractivity (Wildman–Crippen MR) is 63.5 cm³/mol. The van der Waals surface area contributed by atoms with Gasteiger partial charge in [-0.15, -0.1) is 0 Å². The molecule has 92 valence electrons. The highest BCUT2D eigenvalue weighted by Crippen LogP contribution is 2.32. The lowest BCUT2D eigenvalue weighted by atomic mass is 9.92. The van der Waals surface area contributed by atoms with Crippen molar-refractivity contribution in [2.75, 3.05) is 20.2 Å². The van der Waals surface area contributed by atoms with Crippen LogP contribution >= 0.6 is 0 Å². The van der Waals surface area contributed by atoms with Crippen molar-refractivity contribution < 1.29 is 10.0 Å². The fourth-order valence-corrected chi connectivity index (χ4v) is 2.62. The van der Waals surface area contributed by atoms with Gasteiger partial charge in [0.1, 0.15) is 6.04 Å². The van der Waals surface area contributed by atoms with E-state index in [2.05, 4.69) is 0 Å². The van der Waals surface area contributed by atoms with Crippen molar-refractivity contribution in [3.63, 3.8) is 0 Å². The maximum absolute atomic E-state index is 11.2. The molecule has 3 atom stereocenters. The van der Waals surface area contributed by atoms with Gasteiger partial charge in [0.15, 0.2) is 0 Å². The summed E-state index contributed by atoms with van der Waals surface area (Å²) in [7, 11) is 1.82. The van der Waals surface area contributed by atoms with Crippen LogP contribution < -0.4 is 0 Å². The smallest absolute Gasteiger partial charge is 0.238 e. The fraction of sp³-hybridized carbons (Fsp3) is 0.500. The highest BCUT2D eigenvalue weighted by Gasteiger charge is 2.48. The second-order valence-electron chi connectivity index (χ2n) is 4.48. The number of nitrogens with zero attached hydrogens (tertiary/aromatic N) is 2. The Morgan fingerprint density at radius 2 is 2.12 bits per heavy atom. The van der Waals surface area contributed by atoms with Crippen LogP contribution in [-0.2, 0) is 0 Å². The average molecular weight is 236 g/mol. The molecule has 5 heteroatoms. The molecule has 0 radical (unpaired) electrons. The Balaban J connectivity index is 2.31. The first-order valence-electron chi connectivity index (χ1n) is 5.64. The Morgan fingerprint density at radius 1 is 1.47 bits per heavy atom. The summed E-state index contributed by atoms with van der Waals surface area (Å²) < 4.78 is 0. The number of rotatable bonds is 3. The maximum Gasteiger partial charge on any atom is 0.238 e. The van der Waals surface area contributed by atoms with E-state index < -0.39 is 12.1 Å². The number of likely N-dealkylation sites (tertiary alicyclic amines) is 1. The minimum Gasteiger partial charge on any atom is -0.394 e. The van der Waals surface area contributed by atoms with E-state index in [0.717, 1.165) is 5.56 Å². The van der Waals surface area contributed by atoms with Crippen LogP contribution in [0.2, 0.25) is 0 Å². The molecule has 1 heterocycles. The summed E-state index contributed by atoms with van der Waals surface area (Å²) in [6.45, 7) is 0.437. The standard InChI is InChI=1S/C12H16N2O3/c1-13-7-10(9-5-3-2-4-6-9)12(14(16)17)11(13)8-15/h2-6,10-12,15H,7-8H2,1H3/t10-,11?,12-/m1/s1. The Labute approximate surface area is 99.8 Å². The Morgan fingerprint density at radius 3 is 2.65 bits per heavy atom. The van der Waals surface area contributed by atoms with Crippen molar-refractivity contribution in [2.24, 2.45) is 0 Å². The number of likely N-dealkylation sites (N-methyl/N-ethyl adjacent to an activating group) is 1. The van der Waals surface area contributed by atoms with Gasteiger partial charge < -0.3 is 5.11 Å². The van der Waals surface area contributed by atoms with Crippen LogP contribution in [0.15, 0.2) is 30.3 Å². The molecule has 1 N–H and O–H groups in total. The molecule has 2 rings (SSSR count). The summed E-state index contributed by atoms with van der Waals surface area (Å²) in [5, 5.41) is 20.4. The third-order valence-electron chi connectivity index (χ3n) is 3.52. The van der Waals surface area contributed by atoms with Gasteiger partial charge in [0.2, 0.25) is 6.04 Å². The summed E-state index contributed by atoms with van der Waals surface area (Å²) in [6, 6.07) is 8.37. The molecule has 1 unspecified atom stereocenters. The van der Waals surface area contributed by atoms with Gasteiger partial charge >= 0.3 is 0 Å². The van der Waals surface area contributed by atoms with Gasteiger partial charge in [0.25, 0.3) is 0 Å². The van der Waals surface area contributed by atoms with Crippen LogP contribution in [0.4, 0.5) is 0 Å². The zero-order chi connectivity index (χ0) is 12.4. The molecule has 1 aromatic carbocycles. The summed E-state index contributed by atoms with van der Waals surface area (Å²) in [6.07, 6.45) is 0. The minimum absolute atomic E-state index is 0.145. The van der Waals surface area contributed by atoms with E-state index in [9.17, 15) is 15.2 Å². The number of nitro groups is 1. The van der Waals surface area contributed by atoms with Crippen LogP contribution in [-0.4, -0.2) is 47.2 Å². The van der Waals surface area contributed by atoms with Crippen molar-refractivity contribution in [3.8, 4) is 0 Å². The topological polar surface area (TPSA) is 66.6 Å². The van der Waals surface area contributed by atoms with Gasteiger partial charge in [0.05, 0.1) is 12.5 Å². The molecule has 1 aliphatic rings. The van der Waals surface area contributed by atoms with Crippen LogP contribution in [0.1, 0.15) is 11.5 Å². The maximum atomic E-state index is 11.2. The molecule has 17 heavy (non-hydrogen) atoms. The van der Waals surface area contributed by atoms with Crippen molar-refractivity contribution >= 4 is 0 Å². The number of benzene rings is 1. The van der Waals surface area contributed by atoms with E-state index in [1.807, 2.05) is 42.3 Å². The summed E-state index contributed by atoms with van der Waals surface area (Å²) in [5.74, 6) is -0.145. The van der Waals surface area contributed by atoms with Crippen LogP contribution in [0.3, 0.4) is 0 Å². The van der Waals surface area contributed by atoms with Crippen LogP contribution in [0.25, 0.3) is 0 Å². The van der Waals surface area contributed by atoms with E-state index in [1.54, 1.807) is 0 Å². The lowest BCUT2D eigenvalue weighted by Crippen LogP contribution is -2.40. The zero-order valence-corrected chi connectivity index (χ0v) is 9.69. The second-order valence-corrected chi connectivity index (χ2v) is 4.48. The number of hydrogen-bond acceptors (Lipinski definition) is 4.